The summed E-state index contributed by atoms with van der Waals surface area (Å²) in [5, 5.41) is 4.21. The number of ether oxygens (including phenoxy) is 1. The van der Waals surface area contributed by atoms with E-state index in [1.165, 1.54) is 19.4 Å². The van der Waals surface area contributed by atoms with Crippen LogP contribution >= 0.6 is 0 Å². The summed E-state index contributed by atoms with van der Waals surface area (Å²) < 4.78 is 7.04. The Morgan fingerprint density at radius 3 is 3.00 bits per heavy atom. The van der Waals surface area contributed by atoms with Gasteiger partial charge in [-0.05, 0) is 18.9 Å². The third-order valence-corrected chi connectivity index (χ3v) is 4.32. The highest BCUT2D eigenvalue weighted by Gasteiger charge is 2.28. The Morgan fingerprint density at radius 1 is 1.48 bits per heavy atom. The number of carbonyl (C=O) groups is 1. The molecule has 0 aromatic carbocycles. The molecule has 0 saturated carbocycles. The van der Waals surface area contributed by atoms with Crippen LogP contribution in [0.15, 0.2) is 29.3 Å². The molecule has 2 aromatic heterocycles. The number of likely N-dealkylation sites (tertiary alicyclic amines) is 1. The molecule has 7 nitrogen and oxygen atoms in total. The third kappa shape index (κ3) is 2.99. The Bertz CT molecular complexity index is 765. The average molecular weight is 316 g/mol. The maximum Gasteiger partial charge on any atom is 0.259 e. The minimum Gasteiger partial charge on any atom is -0.496 e. The molecule has 0 spiro atoms. The highest BCUT2D eigenvalue weighted by molar-refractivity contribution is 5.96. The highest BCUT2D eigenvalue weighted by Crippen LogP contribution is 2.28. The molecule has 7 heteroatoms. The number of piperidine rings is 1. The van der Waals surface area contributed by atoms with E-state index in [1.54, 1.807) is 6.20 Å². The molecule has 2 aromatic rings. The number of aryl methyl sites for hydroxylation is 1. The number of hydrogen-bond acceptors (Lipinski definition) is 4. The molecule has 0 radical (unpaired) electrons. The van der Waals surface area contributed by atoms with Crippen LogP contribution < -0.4 is 10.3 Å². The first-order valence-electron chi connectivity index (χ1n) is 7.64. The minimum atomic E-state index is -0.287. The monoisotopic (exact) mass is 316 g/mol. The molecule has 0 aliphatic carbocycles. The number of H-pyrrole nitrogens is 1. The van der Waals surface area contributed by atoms with E-state index < -0.39 is 0 Å². The second-order valence-electron chi connectivity index (χ2n) is 5.75. The van der Waals surface area contributed by atoms with E-state index in [9.17, 15) is 9.59 Å². The van der Waals surface area contributed by atoms with Crippen LogP contribution in [0.25, 0.3) is 0 Å². The summed E-state index contributed by atoms with van der Waals surface area (Å²) in [6, 6.07) is 3.30. The Hall–Kier alpha value is -2.57. The van der Waals surface area contributed by atoms with E-state index in [0.29, 0.717) is 24.4 Å². The molecule has 1 aliphatic rings. The first kappa shape index (κ1) is 15.3. The summed E-state index contributed by atoms with van der Waals surface area (Å²) in [6.07, 6.45) is 5.18. The van der Waals surface area contributed by atoms with Gasteiger partial charge >= 0.3 is 0 Å². The lowest BCUT2D eigenvalue weighted by Crippen LogP contribution is -2.39. The lowest BCUT2D eigenvalue weighted by atomic mass is 9.94. The lowest BCUT2D eigenvalue weighted by molar-refractivity contribution is 0.0700. The van der Waals surface area contributed by atoms with Gasteiger partial charge in [-0.3, -0.25) is 14.3 Å². The molecule has 1 amide bonds. The number of hydrogen-bond donors (Lipinski definition) is 1. The molecule has 1 atom stereocenters. The van der Waals surface area contributed by atoms with Crippen LogP contribution in [-0.2, 0) is 7.05 Å². The third-order valence-electron chi connectivity index (χ3n) is 4.32. The van der Waals surface area contributed by atoms with Crippen LogP contribution in [0.4, 0.5) is 0 Å². The molecule has 1 saturated heterocycles. The highest BCUT2D eigenvalue weighted by atomic mass is 16.5. The summed E-state index contributed by atoms with van der Waals surface area (Å²) in [4.78, 5) is 28.5. The Kier molecular flexibility index (Phi) is 4.18. The van der Waals surface area contributed by atoms with Crippen molar-refractivity contribution >= 4 is 5.91 Å². The van der Waals surface area contributed by atoms with Crippen molar-refractivity contribution in [2.24, 2.45) is 7.05 Å². The normalized spacial score (nSPS) is 18.0. The van der Waals surface area contributed by atoms with E-state index in [0.717, 1.165) is 18.5 Å². The fraction of sp³-hybridized carbons (Fsp3) is 0.438. The second-order valence-corrected chi connectivity index (χ2v) is 5.75. The molecule has 1 N–H and O–H groups in total. The van der Waals surface area contributed by atoms with Crippen LogP contribution in [0.1, 0.15) is 34.8 Å². The van der Waals surface area contributed by atoms with Crippen molar-refractivity contribution < 1.29 is 9.53 Å². The number of pyridine rings is 1. The standard InChI is InChI=1S/C16H20N4O3/c1-19-13(5-6-18-19)11-4-3-7-20(10-11)16(22)12-9-17-15(21)8-14(12)23-2/h5-6,8-9,11H,3-4,7,10H2,1-2H3,(H,17,21). The van der Waals surface area contributed by atoms with Gasteiger partial charge in [0.2, 0.25) is 0 Å². The zero-order valence-corrected chi connectivity index (χ0v) is 13.3. The van der Waals surface area contributed by atoms with Crippen molar-refractivity contribution in [3.8, 4) is 5.75 Å². The molecule has 3 heterocycles. The van der Waals surface area contributed by atoms with Gasteiger partial charge in [-0.2, -0.15) is 5.10 Å². The van der Waals surface area contributed by atoms with Crippen LogP contribution in [0, 0.1) is 0 Å². The quantitative estimate of drug-likeness (QED) is 0.921. The van der Waals surface area contributed by atoms with E-state index in [2.05, 4.69) is 10.1 Å². The molecule has 1 fully saturated rings. The van der Waals surface area contributed by atoms with Crippen LogP contribution in [0.5, 0.6) is 5.75 Å². The van der Waals surface area contributed by atoms with Crippen molar-refractivity contribution in [3.63, 3.8) is 0 Å². The number of rotatable bonds is 3. The Labute approximate surface area is 133 Å². The van der Waals surface area contributed by atoms with Gasteiger partial charge in [0, 0.05) is 50.2 Å². The molecular weight excluding hydrogens is 296 g/mol. The summed E-state index contributed by atoms with van der Waals surface area (Å²) in [7, 11) is 3.38. The molecule has 0 bridgehead atoms. The van der Waals surface area contributed by atoms with E-state index in [1.807, 2.05) is 22.7 Å². The van der Waals surface area contributed by atoms with Gasteiger partial charge < -0.3 is 14.6 Å². The van der Waals surface area contributed by atoms with Crippen molar-refractivity contribution in [1.82, 2.24) is 19.7 Å². The zero-order chi connectivity index (χ0) is 16.4. The zero-order valence-electron chi connectivity index (χ0n) is 13.3. The van der Waals surface area contributed by atoms with Crippen molar-refractivity contribution in [2.45, 2.75) is 18.8 Å². The Morgan fingerprint density at radius 2 is 2.30 bits per heavy atom. The van der Waals surface area contributed by atoms with Gasteiger partial charge in [-0.25, -0.2) is 0 Å². The number of methoxy groups -OCH3 is 1. The summed E-state index contributed by atoms with van der Waals surface area (Å²) >= 11 is 0. The fourth-order valence-electron chi connectivity index (χ4n) is 3.15. The number of aromatic nitrogens is 3. The maximum absolute atomic E-state index is 12.8. The van der Waals surface area contributed by atoms with E-state index >= 15 is 0 Å². The SMILES string of the molecule is COc1cc(=O)[nH]cc1C(=O)N1CCCC(c2ccnn2C)C1. The molecule has 122 valence electrons. The van der Waals surface area contributed by atoms with Gasteiger partial charge in [-0.15, -0.1) is 0 Å². The molecule has 23 heavy (non-hydrogen) atoms. The number of nitrogens with zero attached hydrogens (tertiary/aromatic N) is 3. The summed E-state index contributed by atoms with van der Waals surface area (Å²) in [6.45, 7) is 1.34. The van der Waals surface area contributed by atoms with E-state index in [-0.39, 0.29) is 17.4 Å². The van der Waals surface area contributed by atoms with Gasteiger partial charge in [0.25, 0.3) is 11.5 Å². The minimum absolute atomic E-state index is 0.120. The second kappa shape index (κ2) is 6.28. The van der Waals surface area contributed by atoms with Gasteiger partial charge in [0.1, 0.15) is 5.75 Å². The van der Waals surface area contributed by atoms with Crippen molar-refractivity contribution in [1.29, 1.82) is 0 Å². The van der Waals surface area contributed by atoms with Crippen LogP contribution in [0.3, 0.4) is 0 Å². The number of nitrogens with one attached hydrogen (secondary N) is 1. The first-order valence-corrected chi connectivity index (χ1v) is 7.64. The molecular formula is C16H20N4O3. The predicted octanol–water partition coefficient (Wildman–Crippen LogP) is 1.14. The predicted molar refractivity (Wildman–Crippen MR) is 84.7 cm³/mol. The van der Waals surface area contributed by atoms with Crippen molar-refractivity contribution in [3.05, 3.63) is 46.1 Å². The van der Waals surface area contributed by atoms with Gasteiger partial charge in [-0.1, -0.05) is 0 Å². The largest absolute Gasteiger partial charge is 0.496 e. The van der Waals surface area contributed by atoms with Gasteiger partial charge in [0.05, 0.1) is 12.7 Å². The van der Waals surface area contributed by atoms with Crippen molar-refractivity contribution in [2.75, 3.05) is 20.2 Å². The number of carbonyl (C=O) groups excluding carboxylic acids is 1. The smallest absolute Gasteiger partial charge is 0.259 e. The molecule has 1 unspecified atom stereocenters. The van der Waals surface area contributed by atoms with E-state index in [4.69, 9.17) is 4.74 Å². The molecule has 1 aliphatic heterocycles. The molecule has 3 rings (SSSR count). The maximum atomic E-state index is 12.8. The van der Waals surface area contributed by atoms with Crippen LogP contribution in [0.2, 0.25) is 0 Å². The average Bonchev–Trinajstić information content (AvgIpc) is 3.00. The van der Waals surface area contributed by atoms with Crippen LogP contribution in [-0.4, -0.2) is 45.8 Å². The summed E-state index contributed by atoms with van der Waals surface area (Å²) in [5.41, 5.74) is 1.23. The lowest BCUT2D eigenvalue weighted by Gasteiger charge is -2.33. The number of amides is 1. The fourth-order valence-corrected chi connectivity index (χ4v) is 3.15. The summed E-state index contributed by atoms with van der Waals surface area (Å²) in [5.74, 6) is 0.459. The topological polar surface area (TPSA) is 80.2 Å². The first-order chi connectivity index (χ1) is 11.1. The van der Waals surface area contributed by atoms with Gasteiger partial charge in [0.15, 0.2) is 0 Å². The number of aromatic amines is 1. The Balaban J connectivity index is 1.83.